The maximum atomic E-state index is 5.10. The second-order valence-electron chi connectivity index (χ2n) is 3.55. The summed E-state index contributed by atoms with van der Waals surface area (Å²) in [6, 6.07) is 6.34. The van der Waals surface area contributed by atoms with Gasteiger partial charge in [0.25, 0.3) is 0 Å². The Morgan fingerprint density at radius 2 is 2.29 bits per heavy atom. The molecule has 2 aromatic rings. The van der Waals surface area contributed by atoms with Crippen LogP contribution < -0.4 is 5.32 Å². The molecule has 0 saturated heterocycles. The highest BCUT2D eigenvalue weighted by Gasteiger charge is 2.13. The molecule has 0 aliphatic carbocycles. The summed E-state index contributed by atoms with van der Waals surface area (Å²) < 4.78 is 7.45. The van der Waals surface area contributed by atoms with Crippen LogP contribution in [0.4, 0.5) is 0 Å². The first kappa shape index (κ1) is 7.88. The first-order chi connectivity index (χ1) is 6.95. The van der Waals surface area contributed by atoms with Crippen LogP contribution in [-0.2, 0) is 13.1 Å². The summed E-state index contributed by atoms with van der Waals surface area (Å²) in [4.78, 5) is 0. The standard InChI is InChI=1S/C11H12N2O/c1-2-11(9-3-6-14-8-9)13-5-4-12-7-10(1)13/h1-3,6,8,12H,4-5,7H2. The summed E-state index contributed by atoms with van der Waals surface area (Å²) in [6.45, 7) is 3.06. The van der Waals surface area contributed by atoms with E-state index in [1.165, 1.54) is 11.4 Å². The number of furan rings is 1. The summed E-state index contributed by atoms with van der Waals surface area (Å²) in [7, 11) is 0. The van der Waals surface area contributed by atoms with Gasteiger partial charge in [0.15, 0.2) is 0 Å². The molecule has 0 amide bonds. The number of aromatic nitrogens is 1. The van der Waals surface area contributed by atoms with E-state index in [0.717, 1.165) is 25.2 Å². The molecular formula is C11H12N2O. The van der Waals surface area contributed by atoms with Gasteiger partial charge in [0.2, 0.25) is 0 Å². The number of nitrogens with zero attached hydrogens (tertiary/aromatic N) is 1. The molecule has 0 unspecified atom stereocenters. The molecule has 3 nitrogen and oxygen atoms in total. The van der Waals surface area contributed by atoms with Gasteiger partial charge in [-0.2, -0.15) is 0 Å². The quantitative estimate of drug-likeness (QED) is 0.740. The molecule has 3 rings (SSSR count). The van der Waals surface area contributed by atoms with Gasteiger partial charge in [-0.05, 0) is 18.2 Å². The molecule has 1 N–H and O–H groups in total. The Kier molecular flexibility index (Phi) is 1.70. The third kappa shape index (κ3) is 1.09. The second-order valence-corrected chi connectivity index (χ2v) is 3.55. The van der Waals surface area contributed by atoms with Crippen molar-refractivity contribution in [2.45, 2.75) is 13.1 Å². The highest BCUT2D eigenvalue weighted by Crippen LogP contribution is 2.24. The van der Waals surface area contributed by atoms with Crippen LogP contribution in [-0.4, -0.2) is 11.1 Å². The fraction of sp³-hybridized carbons (Fsp3) is 0.273. The van der Waals surface area contributed by atoms with Gasteiger partial charge in [-0.1, -0.05) is 0 Å². The van der Waals surface area contributed by atoms with Crippen LogP contribution in [0, 0.1) is 0 Å². The number of fused-ring (bicyclic) bond motifs is 1. The summed E-state index contributed by atoms with van der Waals surface area (Å²) >= 11 is 0. The van der Waals surface area contributed by atoms with Crippen LogP contribution >= 0.6 is 0 Å². The summed E-state index contributed by atoms with van der Waals surface area (Å²) in [5.41, 5.74) is 3.78. The minimum atomic E-state index is 0.970. The first-order valence-corrected chi connectivity index (χ1v) is 4.87. The molecule has 2 aromatic heterocycles. The normalized spacial score (nSPS) is 15.4. The van der Waals surface area contributed by atoms with E-state index in [1.807, 2.05) is 6.07 Å². The van der Waals surface area contributed by atoms with Gasteiger partial charge >= 0.3 is 0 Å². The lowest BCUT2D eigenvalue weighted by atomic mass is 10.2. The molecule has 0 spiro atoms. The highest BCUT2D eigenvalue weighted by atomic mass is 16.3. The van der Waals surface area contributed by atoms with E-state index < -0.39 is 0 Å². The molecule has 0 radical (unpaired) electrons. The van der Waals surface area contributed by atoms with Gasteiger partial charge in [0, 0.05) is 30.9 Å². The fourth-order valence-electron chi connectivity index (χ4n) is 2.00. The third-order valence-corrected chi connectivity index (χ3v) is 2.71. The molecule has 1 aliphatic heterocycles. The number of rotatable bonds is 1. The van der Waals surface area contributed by atoms with Crippen LogP contribution in [0.1, 0.15) is 5.69 Å². The molecule has 72 valence electrons. The van der Waals surface area contributed by atoms with Gasteiger partial charge in [-0.3, -0.25) is 0 Å². The van der Waals surface area contributed by atoms with Crippen LogP contribution in [0.2, 0.25) is 0 Å². The summed E-state index contributed by atoms with van der Waals surface area (Å²) in [5.74, 6) is 0. The minimum absolute atomic E-state index is 0.970. The molecule has 0 atom stereocenters. The van der Waals surface area contributed by atoms with Crippen molar-refractivity contribution in [3.05, 3.63) is 36.4 Å². The van der Waals surface area contributed by atoms with E-state index in [-0.39, 0.29) is 0 Å². The lowest BCUT2D eigenvalue weighted by Crippen LogP contribution is -2.27. The second kappa shape index (κ2) is 3.03. The predicted molar refractivity (Wildman–Crippen MR) is 53.8 cm³/mol. The lowest BCUT2D eigenvalue weighted by Gasteiger charge is -2.18. The topological polar surface area (TPSA) is 30.1 Å². The molecule has 0 fully saturated rings. The molecule has 3 heteroatoms. The first-order valence-electron chi connectivity index (χ1n) is 4.87. The van der Waals surface area contributed by atoms with Crippen molar-refractivity contribution < 1.29 is 4.42 Å². The van der Waals surface area contributed by atoms with Gasteiger partial charge in [0.05, 0.1) is 18.2 Å². The van der Waals surface area contributed by atoms with E-state index in [1.54, 1.807) is 12.5 Å². The van der Waals surface area contributed by atoms with E-state index in [9.17, 15) is 0 Å². The van der Waals surface area contributed by atoms with Gasteiger partial charge < -0.3 is 14.3 Å². The van der Waals surface area contributed by atoms with Crippen LogP contribution in [0.5, 0.6) is 0 Å². The molecule has 1 aliphatic rings. The number of hydrogen-bond donors (Lipinski definition) is 1. The zero-order chi connectivity index (χ0) is 9.38. The Hall–Kier alpha value is -1.48. The van der Waals surface area contributed by atoms with Gasteiger partial charge in [-0.25, -0.2) is 0 Å². The van der Waals surface area contributed by atoms with Gasteiger partial charge in [0.1, 0.15) is 0 Å². The number of hydrogen-bond acceptors (Lipinski definition) is 2. The number of nitrogens with one attached hydrogen (secondary N) is 1. The Morgan fingerprint density at radius 3 is 3.14 bits per heavy atom. The molecule has 0 saturated carbocycles. The molecule has 0 bridgehead atoms. The SMILES string of the molecule is c1cc(-c2ccc3n2CCNC3)co1. The third-order valence-electron chi connectivity index (χ3n) is 2.71. The van der Waals surface area contributed by atoms with E-state index in [0.29, 0.717) is 0 Å². The van der Waals surface area contributed by atoms with E-state index in [2.05, 4.69) is 22.0 Å². The fourth-order valence-corrected chi connectivity index (χ4v) is 2.00. The van der Waals surface area contributed by atoms with Crippen LogP contribution in [0.25, 0.3) is 11.3 Å². The van der Waals surface area contributed by atoms with Crippen molar-refractivity contribution in [3.63, 3.8) is 0 Å². The Morgan fingerprint density at radius 1 is 1.29 bits per heavy atom. The average molecular weight is 188 g/mol. The van der Waals surface area contributed by atoms with Crippen molar-refractivity contribution in [2.24, 2.45) is 0 Å². The van der Waals surface area contributed by atoms with Crippen molar-refractivity contribution in [1.29, 1.82) is 0 Å². The molecular weight excluding hydrogens is 176 g/mol. The Labute approximate surface area is 82.3 Å². The van der Waals surface area contributed by atoms with Crippen molar-refractivity contribution in [3.8, 4) is 11.3 Å². The van der Waals surface area contributed by atoms with Crippen molar-refractivity contribution >= 4 is 0 Å². The van der Waals surface area contributed by atoms with Crippen molar-refractivity contribution in [1.82, 2.24) is 9.88 Å². The monoisotopic (exact) mass is 188 g/mol. The summed E-state index contributed by atoms with van der Waals surface area (Å²) in [5, 5.41) is 3.36. The average Bonchev–Trinajstić information content (AvgIpc) is 2.85. The van der Waals surface area contributed by atoms with Crippen LogP contribution in [0.15, 0.2) is 35.1 Å². The maximum Gasteiger partial charge on any atom is 0.0995 e. The van der Waals surface area contributed by atoms with E-state index in [4.69, 9.17) is 4.42 Å². The van der Waals surface area contributed by atoms with Gasteiger partial charge in [-0.15, -0.1) is 0 Å². The maximum absolute atomic E-state index is 5.10. The highest BCUT2D eigenvalue weighted by molar-refractivity contribution is 5.59. The predicted octanol–water partition coefficient (Wildman–Crippen LogP) is 1.85. The zero-order valence-corrected chi connectivity index (χ0v) is 7.86. The molecule has 0 aromatic carbocycles. The van der Waals surface area contributed by atoms with Crippen molar-refractivity contribution in [2.75, 3.05) is 6.54 Å². The summed E-state index contributed by atoms with van der Waals surface area (Å²) in [6.07, 6.45) is 3.51. The minimum Gasteiger partial charge on any atom is -0.472 e. The van der Waals surface area contributed by atoms with E-state index >= 15 is 0 Å². The Bertz CT molecular complexity index is 428. The molecule has 3 heterocycles. The van der Waals surface area contributed by atoms with Crippen LogP contribution in [0.3, 0.4) is 0 Å². The lowest BCUT2D eigenvalue weighted by molar-refractivity contribution is 0.519. The zero-order valence-electron chi connectivity index (χ0n) is 7.86. The smallest absolute Gasteiger partial charge is 0.0995 e. The largest absolute Gasteiger partial charge is 0.472 e. The Balaban J connectivity index is 2.11. The molecule has 14 heavy (non-hydrogen) atoms.